The van der Waals surface area contributed by atoms with E-state index >= 15 is 0 Å². The van der Waals surface area contributed by atoms with Crippen LogP contribution in [0.5, 0.6) is 0 Å². The number of nitrogens with two attached hydrogens (primary N) is 1. The van der Waals surface area contributed by atoms with E-state index in [0.29, 0.717) is 30.6 Å². The second-order valence-electron chi connectivity index (χ2n) is 7.85. The van der Waals surface area contributed by atoms with Crippen LogP contribution >= 0.6 is 12.4 Å². The number of aryl methyl sites for hydroxylation is 1. The number of hydrogen-bond donors (Lipinski definition) is 1. The van der Waals surface area contributed by atoms with Gasteiger partial charge in [-0.15, -0.1) is 12.4 Å². The smallest absolute Gasteiger partial charge is 0.262 e. The highest BCUT2D eigenvalue weighted by Crippen LogP contribution is 2.30. The summed E-state index contributed by atoms with van der Waals surface area (Å²) in [7, 11) is 0. The van der Waals surface area contributed by atoms with Gasteiger partial charge in [-0.05, 0) is 37.8 Å². The molecule has 1 aromatic rings. The normalized spacial score (nSPS) is 22.7. The molecule has 7 heteroatoms. The quantitative estimate of drug-likeness (QED) is 0.796. The van der Waals surface area contributed by atoms with Gasteiger partial charge in [0.1, 0.15) is 6.04 Å². The van der Waals surface area contributed by atoms with E-state index < -0.39 is 17.9 Å². The molecule has 2 unspecified atom stereocenters. The Morgan fingerprint density at radius 3 is 2.46 bits per heavy atom. The molecule has 2 atom stereocenters. The zero-order valence-corrected chi connectivity index (χ0v) is 16.4. The van der Waals surface area contributed by atoms with Gasteiger partial charge in [0.25, 0.3) is 11.8 Å². The monoisotopic (exact) mass is 379 g/mol. The predicted molar refractivity (Wildman–Crippen MR) is 101 cm³/mol. The largest absolute Gasteiger partial charge is 0.340 e. The Morgan fingerprint density at radius 2 is 1.85 bits per heavy atom. The summed E-state index contributed by atoms with van der Waals surface area (Å²) >= 11 is 0. The Kier molecular flexibility index (Phi) is 5.49. The lowest BCUT2D eigenvalue weighted by Gasteiger charge is -2.43. The van der Waals surface area contributed by atoms with Crippen molar-refractivity contribution in [2.24, 2.45) is 11.1 Å². The van der Waals surface area contributed by atoms with E-state index in [1.807, 2.05) is 20.8 Å². The molecule has 2 heterocycles. The first kappa shape index (κ1) is 20.4. The van der Waals surface area contributed by atoms with E-state index in [9.17, 15) is 14.4 Å². The Hall–Kier alpha value is -1.92. The molecule has 1 fully saturated rings. The summed E-state index contributed by atoms with van der Waals surface area (Å²) in [5.74, 6) is -0.988. The lowest BCUT2D eigenvalue weighted by atomic mass is 9.79. The third kappa shape index (κ3) is 3.23. The number of fused-ring (bicyclic) bond motifs is 1. The van der Waals surface area contributed by atoms with Crippen molar-refractivity contribution < 1.29 is 14.4 Å². The molecule has 0 aromatic heterocycles. The summed E-state index contributed by atoms with van der Waals surface area (Å²) in [6.07, 6.45) is 0.715. The van der Waals surface area contributed by atoms with Crippen molar-refractivity contribution in [2.45, 2.75) is 46.2 Å². The lowest BCUT2D eigenvalue weighted by Crippen LogP contribution is -2.58. The molecule has 0 bridgehead atoms. The molecule has 0 spiro atoms. The third-order valence-corrected chi connectivity index (χ3v) is 5.44. The number of carbonyl (C=O) groups is 3. The van der Waals surface area contributed by atoms with Crippen molar-refractivity contribution in [3.63, 3.8) is 0 Å². The van der Waals surface area contributed by atoms with Gasteiger partial charge in [0.2, 0.25) is 5.91 Å². The zero-order chi connectivity index (χ0) is 18.5. The van der Waals surface area contributed by atoms with Gasteiger partial charge >= 0.3 is 0 Å². The number of rotatable bonds is 2. The van der Waals surface area contributed by atoms with Gasteiger partial charge in [0.05, 0.1) is 11.1 Å². The first-order chi connectivity index (χ1) is 11.6. The zero-order valence-electron chi connectivity index (χ0n) is 15.6. The fourth-order valence-corrected chi connectivity index (χ4v) is 3.66. The molecule has 1 aromatic carbocycles. The van der Waals surface area contributed by atoms with Crippen LogP contribution in [0.1, 0.15) is 53.5 Å². The molecule has 2 aliphatic rings. The van der Waals surface area contributed by atoms with Gasteiger partial charge < -0.3 is 10.6 Å². The van der Waals surface area contributed by atoms with Crippen molar-refractivity contribution in [2.75, 3.05) is 13.1 Å². The second kappa shape index (κ2) is 7.00. The van der Waals surface area contributed by atoms with Gasteiger partial charge in [0, 0.05) is 19.1 Å². The maximum Gasteiger partial charge on any atom is 0.262 e. The molecule has 2 N–H and O–H groups in total. The summed E-state index contributed by atoms with van der Waals surface area (Å²) in [6.45, 7) is 8.64. The first-order valence-corrected chi connectivity index (χ1v) is 8.66. The average Bonchev–Trinajstić information content (AvgIpc) is 2.79. The minimum Gasteiger partial charge on any atom is -0.340 e. The molecule has 0 radical (unpaired) electrons. The van der Waals surface area contributed by atoms with Crippen LogP contribution in [0.2, 0.25) is 0 Å². The first-order valence-electron chi connectivity index (χ1n) is 8.66. The Bertz CT molecular complexity index is 762. The summed E-state index contributed by atoms with van der Waals surface area (Å²) < 4.78 is 0. The SMILES string of the molecule is Cc1ccc2c(c1)C(=O)N(C(C)C(=O)N1CCC(N)C(C)(C)C1)C2=O.Cl. The summed E-state index contributed by atoms with van der Waals surface area (Å²) in [5, 5.41) is 0. The van der Waals surface area contributed by atoms with E-state index in [-0.39, 0.29) is 29.8 Å². The van der Waals surface area contributed by atoms with Crippen LogP contribution in [-0.4, -0.2) is 52.7 Å². The van der Waals surface area contributed by atoms with Crippen LogP contribution in [0.4, 0.5) is 0 Å². The van der Waals surface area contributed by atoms with Crippen molar-refractivity contribution in [3.05, 3.63) is 34.9 Å². The van der Waals surface area contributed by atoms with Crippen LogP contribution in [0.15, 0.2) is 18.2 Å². The van der Waals surface area contributed by atoms with Crippen LogP contribution in [0, 0.1) is 12.3 Å². The highest BCUT2D eigenvalue weighted by Gasteiger charge is 2.44. The number of amides is 3. The maximum absolute atomic E-state index is 12.9. The predicted octanol–water partition coefficient (Wildman–Crippen LogP) is 1.99. The number of hydrogen-bond acceptors (Lipinski definition) is 4. The van der Waals surface area contributed by atoms with E-state index in [1.54, 1.807) is 30.0 Å². The minimum atomic E-state index is -0.821. The van der Waals surface area contributed by atoms with Crippen molar-refractivity contribution in [3.8, 4) is 0 Å². The highest BCUT2D eigenvalue weighted by molar-refractivity contribution is 6.22. The molecule has 0 saturated carbocycles. The van der Waals surface area contributed by atoms with Crippen molar-refractivity contribution >= 4 is 30.1 Å². The molecule has 142 valence electrons. The fraction of sp³-hybridized carbons (Fsp3) is 0.526. The third-order valence-electron chi connectivity index (χ3n) is 5.44. The van der Waals surface area contributed by atoms with Crippen LogP contribution in [-0.2, 0) is 4.79 Å². The Labute approximate surface area is 160 Å². The number of piperidine rings is 1. The average molecular weight is 380 g/mol. The number of nitrogens with zero attached hydrogens (tertiary/aromatic N) is 2. The molecule has 0 aliphatic carbocycles. The standard InChI is InChI=1S/C19H25N3O3.ClH/c1-11-5-6-13-14(9-11)18(25)22(17(13)24)12(2)16(23)21-8-7-15(20)19(3,4)10-21;/h5-6,9,12,15H,7-8,10,20H2,1-4H3;1H. The molecular formula is C19H26ClN3O3. The topological polar surface area (TPSA) is 83.7 Å². The summed E-state index contributed by atoms with van der Waals surface area (Å²) in [5.41, 5.74) is 7.61. The van der Waals surface area contributed by atoms with Crippen LogP contribution in [0.3, 0.4) is 0 Å². The molecule has 3 amide bonds. The number of carbonyl (C=O) groups excluding carboxylic acids is 3. The van der Waals surface area contributed by atoms with Gasteiger partial charge in [-0.3, -0.25) is 19.3 Å². The molecular weight excluding hydrogens is 354 g/mol. The van der Waals surface area contributed by atoms with Crippen molar-refractivity contribution in [1.29, 1.82) is 0 Å². The van der Waals surface area contributed by atoms with Gasteiger partial charge in [-0.25, -0.2) is 0 Å². The van der Waals surface area contributed by atoms with E-state index in [4.69, 9.17) is 5.73 Å². The van der Waals surface area contributed by atoms with E-state index in [2.05, 4.69) is 0 Å². The maximum atomic E-state index is 12.9. The molecule has 3 rings (SSSR count). The molecule has 2 aliphatic heterocycles. The van der Waals surface area contributed by atoms with Gasteiger partial charge in [-0.2, -0.15) is 0 Å². The van der Waals surface area contributed by atoms with Gasteiger partial charge in [0.15, 0.2) is 0 Å². The van der Waals surface area contributed by atoms with E-state index in [1.165, 1.54) is 0 Å². The molecule has 6 nitrogen and oxygen atoms in total. The molecule has 26 heavy (non-hydrogen) atoms. The van der Waals surface area contributed by atoms with Crippen LogP contribution < -0.4 is 5.73 Å². The van der Waals surface area contributed by atoms with E-state index in [0.717, 1.165) is 10.5 Å². The Balaban J connectivity index is 0.00000243. The minimum absolute atomic E-state index is 0. The number of imide groups is 1. The van der Waals surface area contributed by atoms with Crippen LogP contribution in [0.25, 0.3) is 0 Å². The Morgan fingerprint density at radius 1 is 1.23 bits per heavy atom. The van der Waals surface area contributed by atoms with Crippen molar-refractivity contribution in [1.82, 2.24) is 9.80 Å². The molecule has 1 saturated heterocycles. The second-order valence-corrected chi connectivity index (χ2v) is 7.85. The number of likely N-dealkylation sites (tertiary alicyclic amines) is 1. The summed E-state index contributed by atoms with van der Waals surface area (Å²) in [4.78, 5) is 41.1. The number of halogens is 1. The van der Waals surface area contributed by atoms with Gasteiger partial charge in [-0.1, -0.05) is 25.5 Å². The highest BCUT2D eigenvalue weighted by atomic mass is 35.5. The number of benzene rings is 1. The summed E-state index contributed by atoms with van der Waals surface area (Å²) in [6, 6.07) is 4.38. The lowest BCUT2D eigenvalue weighted by molar-refractivity contribution is -0.138. The fourth-order valence-electron chi connectivity index (χ4n) is 3.66.